The molecule has 1 aliphatic heterocycles. The Kier molecular flexibility index (Phi) is 5.88. The molecule has 17 heavy (non-hydrogen) atoms. The number of rotatable bonds is 6. The first kappa shape index (κ1) is 14.4. The summed E-state index contributed by atoms with van der Waals surface area (Å²) in [6.07, 6.45) is 1.56. The van der Waals surface area contributed by atoms with Crippen LogP contribution in [0, 0.1) is 0 Å². The maximum absolute atomic E-state index is 11.6. The van der Waals surface area contributed by atoms with E-state index in [0.29, 0.717) is 13.0 Å². The Labute approximate surface area is 103 Å². The first-order valence-electron chi connectivity index (χ1n) is 6.32. The van der Waals surface area contributed by atoms with Crippen LogP contribution in [0.25, 0.3) is 0 Å². The van der Waals surface area contributed by atoms with Gasteiger partial charge in [0, 0.05) is 13.1 Å². The molecule has 100 valence electrons. The van der Waals surface area contributed by atoms with E-state index < -0.39 is 5.54 Å². The van der Waals surface area contributed by atoms with Gasteiger partial charge in [-0.15, -0.1) is 0 Å². The first-order chi connectivity index (χ1) is 8.06. The van der Waals surface area contributed by atoms with E-state index in [1.165, 1.54) is 0 Å². The van der Waals surface area contributed by atoms with Crippen molar-refractivity contribution >= 4 is 5.97 Å². The molecule has 0 aliphatic carbocycles. The fraction of sp³-hybridized carbons (Fsp3) is 0.917. The lowest BCUT2D eigenvalue weighted by Gasteiger charge is -2.28. The van der Waals surface area contributed by atoms with Crippen LogP contribution in [0.2, 0.25) is 0 Å². The minimum Gasteiger partial charge on any atom is -0.465 e. The summed E-state index contributed by atoms with van der Waals surface area (Å²) in [5.41, 5.74) is 5.09. The highest BCUT2D eigenvalue weighted by Crippen LogP contribution is 2.12. The third-order valence-corrected chi connectivity index (χ3v) is 3.02. The summed E-state index contributed by atoms with van der Waals surface area (Å²) < 4.78 is 10.2. The average molecular weight is 244 g/mol. The van der Waals surface area contributed by atoms with Gasteiger partial charge in [0.05, 0.1) is 19.8 Å². The molecule has 0 spiro atoms. The molecule has 0 radical (unpaired) electrons. The molecular formula is C12H24N2O3. The SMILES string of the molecule is CCOC(=O)C(C)(N)CCCN1CCOCC1. The van der Waals surface area contributed by atoms with Crippen LogP contribution in [0.1, 0.15) is 26.7 Å². The lowest BCUT2D eigenvalue weighted by Crippen LogP contribution is -2.47. The van der Waals surface area contributed by atoms with Crippen LogP contribution in [0.4, 0.5) is 0 Å². The van der Waals surface area contributed by atoms with Crippen LogP contribution in [0.15, 0.2) is 0 Å². The number of nitrogens with two attached hydrogens (primary N) is 1. The molecule has 0 saturated carbocycles. The second-order valence-corrected chi connectivity index (χ2v) is 4.70. The average Bonchev–Trinajstić information content (AvgIpc) is 2.30. The van der Waals surface area contributed by atoms with Gasteiger partial charge < -0.3 is 15.2 Å². The molecule has 1 saturated heterocycles. The molecule has 1 heterocycles. The third-order valence-electron chi connectivity index (χ3n) is 3.02. The predicted octanol–water partition coefficient (Wildman–Crippen LogP) is 0.379. The van der Waals surface area contributed by atoms with E-state index in [4.69, 9.17) is 15.2 Å². The number of hydrogen-bond donors (Lipinski definition) is 1. The molecule has 5 nitrogen and oxygen atoms in total. The normalized spacial score (nSPS) is 20.9. The van der Waals surface area contributed by atoms with Crippen molar-refractivity contribution in [1.29, 1.82) is 0 Å². The minimum absolute atomic E-state index is 0.304. The molecule has 0 bridgehead atoms. The van der Waals surface area contributed by atoms with Gasteiger partial charge >= 0.3 is 5.97 Å². The fourth-order valence-electron chi connectivity index (χ4n) is 1.89. The molecule has 0 aromatic heterocycles. The second kappa shape index (κ2) is 6.93. The molecule has 1 atom stereocenters. The number of hydrogen-bond acceptors (Lipinski definition) is 5. The Morgan fingerprint density at radius 2 is 2.12 bits per heavy atom. The summed E-state index contributed by atoms with van der Waals surface area (Å²) in [5, 5.41) is 0. The van der Waals surface area contributed by atoms with Crippen molar-refractivity contribution in [1.82, 2.24) is 4.90 Å². The van der Waals surface area contributed by atoms with Gasteiger partial charge in [-0.1, -0.05) is 0 Å². The molecule has 5 heteroatoms. The molecule has 1 unspecified atom stereocenters. The van der Waals surface area contributed by atoms with Crippen LogP contribution in [-0.4, -0.2) is 55.9 Å². The maximum atomic E-state index is 11.6. The monoisotopic (exact) mass is 244 g/mol. The van der Waals surface area contributed by atoms with E-state index >= 15 is 0 Å². The minimum atomic E-state index is -0.859. The summed E-state index contributed by atoms with van der Waals surface area (Å²) in [7, 11) is 0. The molecule has 2 N–H and O–H groups in total. The number of morpholine rings is 1. The van der Waals surface area contributed by atoms with Crippen LogP contribution < -0.4 is 5.73 Å². The highest BCUT2D eigenvalue weighted by Gasteiger charge is 2.29. The summed E-state index contributed by atoms with van der Waals surface area (Å²) in [6, 6.07) is 0. The zero-order valence-corrected chi connectivity index (χ0v) is 10.9. The molecule has 0 amide bonds. The van der Waals surface area contributed by atoms with Crippen LogP contribution in [-0.2, 0) is 14.3 Å². The van der Waals surface area contributed by atoms with Crippen LogP contribution in [0.5, 0.6) is 0 Å². The first-order valence-corrected chi connectivity index (χ1v) is 6.32. The molecule has 0 aromatic carbocycles. The highest BCUT2D eigenvalue weighted by molar-refractivity contribution is 5.79. The molecule has 1 aliphatic rings. The van der Waals surface area contributed by atoms with Crippen LogP contribution in [0.3, 0.4) is 0 Å². The number of ether oxygens (including phenoxy) is 2. The topological polar surface area (TPSA) is 64.8 Å². The fourth-order valence-corrected chi connectivity index (χ4v) is 1.89. The number of carbonyl (C=O) groups excluding carboxylic acids is 1. The Balaban J connectivity index is 2.21. The summed E-state index contributed by atoms with van der Waals surface area (Å²) in [5.74, 6) is -0.304. The van der Waals surface area contributed by atoms with Crippen molar-refractivity contribution in [3.8, 4) is 0 Å². The lowest BCUT2D eigenvalue weighted by molar-refractivity contribution is -0.149. The lowest BCUT2D eigenvalue weighted by atomic mass is 9.97. The number of nitrogens with zero attached hydrogens (tertiary/aromatic N) is 1. The third kappa shape index (κ3) is 5.02. The highest BCUT2D eigenvalue weighted by atomic mass is 16.5. The van der Waals surface area contributed by atoms with Gasteiger partial charge in [0.25, 0.3) is 0 Å². The van der Waals surface area contributed by atoms with Gasteiger partial charge in [-0.3, -0.25) is 9.69 Å². The summed E-state index contributed by atoms with van der Waals surface area (Å²) in [6.45, 7) is 8.44. The van der Waals surface area contributed by atoms with E-state index in [-0.39, 0.29) is 5.97 Å². The van der Waals surface area contributed by atoms with E-state index in [1.807, 2.05) is 0 Å². The van der Waals surface area contributed by atoms with Crippen molar-refractivity contribution in [3.63, 3.8) is 0 Å². The van der Waals surface area contributed by atoms with Gasteiger partial charge in [0.2, 0.25) is 0 Å². The van der Waals surface area contributed by atoms with Crippen LogP contribution >= 0.6 is 0 Å². The van der Waals surface area contributed by atoms with Crippen molar-refractivity contribution in [2.45, 2.75) is 32.2 Å². The Morgan fingerprint density at radius 1 is 1.47 bits per heavy atom. The van der Waals surface area contributed by atoms with Crippen molar-refractivity contribution in [2.75, 3.05) is 39.5 Å². The van der Waals surface area contributed by atoms with Gasteiger partial charge in [-0.25, -0.2) is 0 Å². The molecule has 1 rings (SSSR count). The van der Waals surface area contributed by atoms with E-state index in [2.05, 4.69) is 4.90 Å². The van der Waals surface area contributed by atoms with Crippen molar-refractivity contribution in [2.24, 2.45) is 5.73 Å². The van der Waals surface area contributed by atoms with Gasteiger partial charge in [0.15, 0.2) is 0 Å². The zero-order chi connectivity index (χ0) is 12.7. The maximum Gasteiger partial charge on any atom is 0.325 e. The molecular weight excluding hydrogens is 220 g/mol. The van der Waals surface area contributed by atoms with E-state index in [1.54, 1.807) is 13.8 Å². The standard InChI is InChI=1S/C12H24N2O3/c1-3-17-11(15)12(2,13)5-4-6-14-7-9-16-10-8-14/h3-10,13H2,1-2H3. The second-order valence-electron chi connectivity index (χ2n) is 4.70. The quantitative estimate of drug-likeness (QED) is 0.684. The number of carbonyl (C=O) groups is 1. The number of esters is 1. The summed E-state index contributed by atoms with van der Waals surface area (Å²) in [4.78, 5) is 13.9. The predicted molar refractivity (Wildman–Crippen MR) is 65.7 cm³/mol. The van der Waals surface area contributed by atoms with Gasteiger partial charge in [0.1, 0.15) is 5.54 Å². The van der Waals surface area contributed by atoms with Gasteiger partial charge in [-0.2, -0.15) is 0 Å². The zero-order valence-electron chi connectivity index (χ0n) is 10.9. The Morgan fingerprint density at radius 3 is 2.71 bits per heavy atom. The van der Waals surface area contributed by atoms with E-state index in [0.717, 1.165) is 39.3 Å². The van der Waals surface area contributed by atoms with E-state index in [9.17, 15) is 4.79 Å². The van der Waals surface area contributed by atoms with Gasteiger partial charge in [-0.05, 0) is 33.2 Å². The molecule has 0 aromatic rings. The molecule has 1 fully saturated rings. The Hall–Kier alpha value is -0.650. The van der Waals surface area contributed by atoms with Crippen molar-refractivity contribution in [3.05, 3.63) is 0 Å². The van der Waals surface area contributed by atoms with Crippen molar-refractivity contribution < 1.29 is 14.3 Å². The largest absolute Gasteiger partial charge is 0.465 e. The Bertz CT molecular complexity index is 238. The smallest absolute Gasteiger partial charge is 0.325 e. The summed E-state index contributed by atoms with van der Waals surface area (Å²) >= 11 is 0.